The molecular formula is C18H31N5O9S. The van der Waals surface area contributed by atoms with E-state index in [2.05, 4.69) is 23.3 Å². The Hall–Kier alpha value is -2.91. The average molecular weight is 494 g/mol. The van der Waals surface area contributed by atoms with E-state index in [1.54, 1.807) is 0 Å². The third-order valence-corrected chi connectivity index (χ3v) is 4.76. The van der Waals surface area contributed by atoms with Crippen LogP contribution in [0.5, 0.6) is 0 Å². The van der Waals surface area contributed by atoms with E-state index in [9.17, 15) is 28.8 Å². The van der Waals surface area contributed by atoms with E-state index in [0.29, 0.717) is 19.4 Å². The number of aliphatic carboxylic acids is 3. The van der Waals surface area contributed by atoms with Crippen molar-refractivity contribution in [2.75, 3.05) is 12.3 Å². The minimum atomic E-state index is -1.72. The van der Waals surface area contributed by atoms with Crippen molar-refractivity contribution >= 4 is 48.3 Å². The average Bonchev–Trinajstić information content (AvgIpc) is 2.73. The summed E-state index contributed by atoms with van der Waals surface area (Å²) in [6.45, 7) is 0.336. The van der Waals surface area contributed by atoms with Gasteiger partial charge in [0.15, 0.2) is 0 Å². The fourth-order valence-electron chi connectivity index (χ4n) is 2.56. The fraction of sp³-hybridized carbons (Fsp3) is 0.667. The maximum atomic E-state index is 12.7. The topological polar surface area (TPSA) is 251 Å². The summed E-state index contributed by atoms with van der Waals surface area (Å²) in [4.78, 5) is 69.9. The van der Waals surface area contributed by atoms with Crippen molar-refractivity contribution in [3.05, 3.63) is 0 Å². The zero-order chi connectivity index (χ0) is 25.6. The Bertz CT molecular complexity index is 721. The summed E-state index contributed by atoms with van der Waals surface area (Å²) in [6, 6.07) is -5.36. The highest BCUT2D eigenvalue weighted by Gasteiger charge is 2.30. The molecule has 10 N–H and O–H groups in total. The van der Waals surface area contributed by atoms with Gasteiger partial charge in [0.05, 0.1) is 12.5 Å². The molecule has 3 amide bonds. The van der Waals surface area contributed by atoms with Gasteiger partial charge in [0, 0.05) is 12.2 Å². The van der Waals surface area contributed by atoms with Crippen molar-refractivity contribution in [2.45, 2.75) is 62.7 Å². The summed E-state index contributed by atoms with van der Waals surface area (Å²) < 4.78 is 0. The van der Waals surface area contributed by atoms with Crippen LogP contribution in [0.1, 0.15) is 38.5 Å². The van der Waals surface area contributed by atoms with Crippen molar-refractivity contribution in [1.82, 2.24) is 16.0 Å². The zero-order valence-corrected chi connectivity index (χ0v) is 18.8. The van der Waals surface area contributed by atoms with Gasteiger partial charge in [0.1, 0.15) is 18.1 Å². The standard InChI is InChI=1S/C18H31N5O9S/c19-6-2-1-3-10(21-15(28)9(20)4-5-13(24)25)16(29)23-12(8-33)17(30)22-11(18(31)32)7-14(26)27/h9-12,33H,1-8,19-20H2,(H,21,28)(H,22,30)(H,23,29)(H,24,25)(H,26,27)(H,31,32). The van der Waals surface area contributed by atoms with Crippen LogP contribution >= 0.6 is 12.6 Å². The highest BCUT2D eigenvalue weighted by atomic mass is 32.1. The Labute approximate surface area is 195 Å². The third-order valence-electron chi connectivity index (χ3n) is 4.39. The zero-order valence-electron chi connectivity index (χ0n) is 17.9. The lowest BCUT2D eigenvalue weighted by atomic mass is 10.1. The van der Waals surface area contributed by atoms with Crippen LogP contribution in [0.15, 0.2) is 0 Å². The van der Waals surface area contributed by atoms with Gasteiger partial charge < -0.3 is 42.7 Å². The van der Waals surface area contributed by atoms with Crippen LogP contribution in [0, 0.1) is 0 Å². The van der Waals surface area contributed by atoms with Crippen LogP contribution in [0.2, 0.25) is 0 Å². The van der Waals surface area contributed by atoms with E-state index in [4.69, 9.17) is 26.8 Å². The van der Waals surface area contributed by atoms with E-state index in [1.807, 2.05) is 5.32 Å². The molecule has 188 valence electrons. The number of hydrogen-bond acceptors (Lipinski definition) is 9. The first kappa shape index (κ1) is 30.1. The molecule has 0 aliphatic rings. The monoisotopic (exact) mass is 493 g/mol. The van der Waals surface area contributed by atoms with Crippen LogP contribution in [-0.4, -0.2) is 87.4 Å². The molecule has 33 heavy (non-hydrogen) atoms. The molecule has 15 heteroatoms. The summed E-state index contributed by atoms with van der Waals surface area (Å²) in [5, 5.41) is 33.3. The quantitative estimate of drug-likeness (QED) is 0.0741. The molecule has 4 atom stereocenters. The molecule has 0 saturated carbocycles. The fourth-order valence-corrected chi connectivity index (χ4v) is 2.82. The second-order valence-corrected chi connectivity index (χ2v) is 7.49. The smallest absolute Gasteiger partial charge is 0.326 e. The van der Waals surface area contributed by atoms with E-state index in [0.717, 1.165) is 0 Å². The Morgan fingerprint density at radius 2 is 1.30 bits per heavy atom. The molecule has 0 aromatic rings. The van der Waals surface area contributed by atoms with Crippen LogP contribution in [0.25, 0.3) is 0 Å². The summed E-state index contributed by atoms with van der Waals surface area (Å²) in [7, 11) is 0. The number of hydrogen-bond donors (Lipinski definition) is 9. The molecule has 0 bridgehead atoms. The number of carboxylic acid groups (broad SMARTS) is 3. The first-order valence-electron chi connectivity index (χ1n) is 10.1. The summed E-state index contributed by atoms with van der Waals surface area (Å²) in [6.07, 6.45) is -0.256. The maximum absolute atomic E-state index is 12.7. The third kappa shape index (κ3) is 12.6. The number of amides is 3. The highest BCUT2D eigenvalue weighted by molar-refractivity contribution is 7.80. The lowest BCUT2D eigenvalue weighted by molar-refractivity contribution is -0.147. The van der Waals surface area contributed by atoms with Crippen molar-refractivity contribution in [3.8, 4) is 0 Å². The van der Waals surface area contributed by atoms with E-state index in [-0.39, 0.29) is 25.0 Å². The molecule has 0 saturated heterocycles. The van der Waals surface area contributed by atoms with Gasteiger partial charge in [-0.05, 0) is 32.2 Å². The predicted octanol–water partition coefficient (Wildman–Crippen LogP) is -2.75. The number of rotatable bonds is 17. The van der Waals surface area contributed by atoms with Crippen LogP contribution in [-0.2, 0) is 28.8 Å². The lowest BCUT2D eigenvalue weighted by Crippen LogP contribution is -2.57. The number of nitrogens with one attached hydrogen (secondary N) is 3. The second kappa shape index (κ2) is 15.8. The number of thiol groups is 1. The second-order valence-electron chi connectivity index (χ2n) is 7.13. The van der Waals surface area contributed by atoms with Crippen LogP contribution in [0.4, 0.5) is 0 Å². The van der Waals surface area contributed by atoms with Crippen LogP contribution in [0.3, 0.4) is 0 Å². The highest BCUT2D eigenvalue weighted by Crippen LogP contribution is 2.05. The molecular weight excluding hydrogens is 462 g/mol. The lowest BCUT2D eigenvalue weighted by Gasteiger charge is -2.24. The predicted molar refractivity (Wildman–Crippen MR) is 117 cm³/mol. The maximum Gasteiger partial charge on any atom is 0.326 e. The first-order valence-corrected chi connectivity index (χ1v) is 10.7. The molecule has 0 aliphatic heterocycles. The van der Waals surface area contributed by atoms with Crippen molar-refractivity contribution < 1.29 is 44.1 Å². The van der Waals surface area contributed by atoms with Crippen LogP contribution < -0.4 is 27.4 Å². The number of carboxylic acids is 3. The van der Waals surface area contributed by atoms with Gasteiger partial charge in [-0.1, -0.05) is 0 Å². The van der Waals surface area contributed by atoms with Crippen molar-refractivity contribution in [2.24, 2.45) is 11.5 Å². The summed E-state index contributed by atoms with van der Waals surface area (Å²) >= 11 is 3.96. The minimum absolute atomic E-state index is 0.137. The Morgan fingerprint density at radius 3 is 1.79 bits per heavy atom. The molecule has 14 nitrogen and oxygen atoms in total. The molecule has 0 rings (SSSR count). The molecule has 4 unspecified atom stereocenters. The molecule has 0 fully saturated rings. The summed E-state index contributed by atoms with van der Waals surface area (Å²) in [5.41, 5.74) is 11.1. The van der Waals surface area contributed by atoms with Crippen molar-refractivity contribution in [3.63, 3.8) is 0 Å². The Kier molecular flexibility index (Phi) is 14.4. The van der Waals surface area contributed by atoms with E-state index in [1.165, 1.54) is 0 Å². The Balaban J connectivity index is 5.25. The molecule has 0 aromatic heterocycles. The van der Waals surface area contributed by atoms with E-state index < -0.39 is 66.2 Å². The normalized spacial score (nSPS) is 14.3. The molecule has 0 aromatic carbocycles. The van der Waals surface area contributed by atoms with E-state index >= 15 is 0 Å². The molecule has 0 radical (unpaired) electrons. The number of unbranched alkanes of at least 4 members (excludes halogenated alkanes) is 1. The molecule has 0 spiro atoms. The summed E-state index contributed by atoms with van der Waals surface area (Å²) in [5.74, 6) is -6.93. The number of nitrogens with two attached hydrogens (primary N) is 2. The van der Waals surface area contributed by atoms with Gasteiger partial charge in [-0.3, -0.25) is 24.0 Å². The molecule has 0 aliphatic carbocycles. The van der Waals surface area contributed by atoms with Crippen molar-refractivity contribution in [1.29, 1.82) is 0 Å². The van der Waals surface area contributed by atoms with Gasteiger partial charge in [-0.25, -0.2) is 4.79 Å². The minimum Gasteiger partial charge on any atom is -0.481 e. The number of carbonyl (C=O) groups excluding carboxylic acids is 3. The van der Waals surface area contributed by atoms with Gasteiger partial charge >= 0.3 is 17.9 Å². The SMILES string of the molecule is NCCCCC(NC(=O)C(N)CCC(=O)O)C(=O)NC(CS)C(=O)NC(CC(=O)O)C(=O)O. The largest absolute Gasteiger partial charge is 0.481 e. The Morgan fingerprint density at radius 1 is 0.758 bits per heavy atom. The van der Waals surface area contributed by atoms with Gasteiger partial charge in [0.2, 0.25) is 17.7 Å². The number of carbonyl (C=O) groups is 6. The van der Waals surface area contributed by atoms with Gasteiger partial charge in [0.25, 0.3) is 0 Å². The first-order chi connectivity index (χ1) is 15.4. The van der Waals surface area contributed by atoms with Gasteiger partial charge in [-0.2, -0.15) is 12.6 Å². The van der Waals surface area contributed by atoms with Gasteiger partial charge in [-0.15, -0.1) is 0 Å². The molecule has 0 heterocycles.